The highest BCUT2D eigenvalue weighted by molar-refractivity contribution is 5.59. The van der Waals surface area contributed by atoms with Gasteiger partial charge in [-0.3, -0.25) is 0 Å². The molecule has 1 saturated carbocycles. The second-order valence-electron chi connectivity index (χ2n) is 4.61. The van der Waals surface area contributed by atoms with Crippen LogP contribution in [0.15, 0.2) is 12.3 Å². The van der Waals surface area contributed by atoms with Crippen molar-refractivity contribution in [2.24, 2.45) is 0 Å². The van der Waals surface area contributed by atoms with Crippen LogP contribution in [0.4, 0.5) is 11.5 Å². The van der Waals surface area contributed by atoms with Gasteiger partial charge in [-0.15, -0.1) is 0 Å². The van der Waals surface area contributed by atoms with Crippen molar-refractivity contribution in [2.45, 2.75) is 31.7 Å². The van der Waals surface area contributed by atoms with E-state index in [0.29, 0.717) is 29.7 Å². The Balaban J connectivity index is 2.32. The van der Waals surface area contributed by atoms with E-state index in [2.05, 4.69) is 11.1 Å². The van der Waals surface area contributed by atoms with Gasteiger partial charge >= 0.3 is 0 Å². The summed E-state index contributed by atoms with van der Waals surface area (Å²) in [6, 6.07) is 4.15. The second-order valence-corrected chi connectivity index (χ2v) is 4.61. The molecule has 1 aromatic rings. The molecular formula is C13H18N4O. The largest absolute Gasteiger partial charge is 0.397 e. The molecule has 0 bridgehead atoms. The minimum absolute atomic E-state index is 0.0629. The van der Waals surface area contributed by atoms with Crippen molar-refractivity contribution in [3.05, 3.63) is 17.8 Å². The average Bonchev–Trinajstić information content (AvgIpc) is 2.90. The Hall–Kier alpha value is -1.80. The summed E-state index contributed by atoms with van der Waals surface area (Å²) >= 11 is 0. The van der Waals surface area contributed by atoms with Crippen LogP contribution in [-0.2, 0) is 0 Å². The summed E-state index contributed by atoms with van der Waals surface area (Å²) in [5, 5.41) is 18.4. The molecule has 5 heteroatoms. The number of aliphatic hydroxyl groups is 1. The third-order valence-corrected chi connectivity index (χ3v) is 3.39. The Morgan fingerprint density at radius 2 is 2.22 bits per heavy atom. The van der Waals surface area contributed by atoms with E-state index in [4.69, 9.17) is 11.0 Å². The zero-order valence-electron chi connectivity index (χ0n) is 10.3. The Morgan fingerprint density at radius 3 is 2.83 bits per heavy atom. The summed E-state index contributed by atoms with van der Waals surface area (Å²) in [6.07, 6.45) is 6.15. The molecule has 0 spiro atoms. The zero-order chi connectivity index (χ0) is 13.0. The third kappa shape index (κ3) is 2.54. The molecule has 0 aliphatic heterocycles. The quantitative estimate of drug-likeness (QED) is 0.835. The van der Waals surface area contributed by atoms with E-state index in [1.165, 1.54) is 12.8 Å². The monoisotopic (exact) mass is 246 g/mol. The predicted octanol–water partition coefficient (Wildman–Crippen LogP) is 1.28. The van der Waals surface area contributed by atoms with Crippen LogP contribution in [0.1, 0.15) is 31.2 Å². The predicted molar refractivity (Wildman–Crippen MR) is 70.1 cm³/mol. The molecule has 0 aromatic carbocycles. The van der Waals surface area contributed by atoms with E-state index in [-0.39, 0.29) is 6.61 Å². The van der Waals surface area contributed by atoms with Gasteiger partial charge < -0.3 is 15.7 Å². The Labute approximate surface area is 107 Å². The van der Waals surface area contributed by atoms with Crippen LogP contribution in [0, 0.1) is 11.3 Å². The molecule has 0 radical (unpaired) electrons. The number of hydrogen-bond acceptors (Lipinski definition) is 5. The maximum absolute atomic E-state index is 9.20. The van der Waals surface area contributed by atoms with Crippen molar-refractivity contribution in [1.82, 2.24) is 4.98 Å². The first-order valence-corrected chi connectivity index (χ1v) is 6.29. The zero-order valence-corrected chi connectivity index (χ0v) is 10.3. The fraction of sp³-hybridized carbons (Fsp3) is 0.538. The first-order valence-electron chi connectivity index (χ1n) is 6.29. The summed E-state index contributed by atoms with van der Waals surface area (Å²) in [6.45, 7) is 0.573. The summed E-state index contributed by atoms with van der Waals surface area (Å²) < 4.78 is 0. The van der Waals surface area contributed by atoms with Crippen molar-refractivity contribution >= 4 is 11.5 Å². The summed E-state index contributed by atoms with van der Waals surface area (Å²) in [5.41, 5.74) is 6.62. The van der Waals surface area contributed by atoms with Gasteiger partial charge in [0.25, 0.3) is 0 Å². The lowest BCUT2D eigenvalue weighted by molar-refractivity contribution is 0.297. The summed E-state index contributed by atoms with van der Waals surface area (Å²) in [4.78, 5) is 6.33. The van der Waals surface area contributed by atoms with E-state index >= 15 is 0 Å². The molecule has 1 fully saturated rings. The van der Waals surface area contributed by atoms with Gasteiger partial charge in [0, 0.05) is 12.6 Å². The van der Waals surface area contributed by atoms with E-state index in [1.807, 2.05) is 4.90 Å². The van der Waals surface area contributed by atoms with Gasteiger partial charge in [0.1, 0.15) is 11.9 Å². The molecule has 0 amide bonds. The molecule has 18 heavy (non-hydrogen) atoms. The van der Waals surface area contributed by atoms with Gasteiger partial charge in [-0.05, 0) is 18.9 Å². The molecule has 0 saturated heterocycles. The Kier molecular flexibility index (Phi) is 4.00. The van der Waals surface area contributed by atoms with Crippen LogP contribution in [0.25, 0.3) is 0 Å². The number of nitriles is 1. The van der Waals surface area contributed by atoms with Crippen LogP contribution in [0.3, 0.4) is 0 Å². The van der Waals surface area contributed by atoms with Crippen molar-refractivity contribution in [2.75, 3.05) is 23.8 Å². The highest BCUT2D eigenvalue weighted by atomic mass is 16.3. The topological polar surface area (TPSA) is 86.2 Å². The van der Waals surface area contributed by atoms with Gasteiger partial charge in [0.15, 0.2) is 0 Å². The van der Waals surface area contributed by atoms with Crippen LogP contribution in [0.2, 0.25) is 0 Å². The molecule has 5 nitrogen and oxygen atoms in total. The lowest BCUT2D eigenvalue weighted by Crippen LogP contribution is -2.36. The molecule has 0 unspecified atom stereocenters. The van der Waals surface area contributed by atoms with Gasteiger partial charge in [0.05, 0.1) is 24.1 Å². The molecule has 1 aromatic heterocycles. The fourth-order valence-electron chi connectivity index (χ4n) is 2.57. The smallest absolute Gasteiger partial charge is 0.146 e. The van der Waals surface area contributed by atoms with Crippen molar-refractivity contribution < 1.29 is 5.11 Å². The van der Waals surface area contributed by atoms with E-state index < -0.39 is 0 Å². The van der Waals surface area contributed by atoms with Crippen molar-refractivity contribution in [1.29, 1.82) is 5.26 Å². The fourth-order valence-corrected chi connectivity index (χ4v) is 2.57. The van der Waals surface area contributed by atoms with Crippen LogP contribution >= 0.6 is 0 Å². The first-order chi connectivity index (χ1) is 8.76. The molecule has 96 valence electrons. The molecule has 3 N–H and O–H groups in total. The molecule has 2 rings (SSSR count). The molecular weight excluding hydrogens is 228 g/mol. The molecule has 1 heterocycles. The van der Waals surface area contributed by atoms with E-state index in [1.54, 1.807) is 12.3 Å². The lowest BCUT2D eigenvalue weighted by Gasteiger charge is -2.30. The van der Waals surface area contributed by atoms with Crippen LogP contribution < -0.4 is 10.6 Å². The maximum Gasteiger partial charge on any atom is 0.146 e. The van der Waals surface area contributed by atoms with E-state index in [9.17, 15) is 5.11 Å². The number of nitrogen functional groups attached to an aromatic ring is 1. The summed E-state index contributed by atoms with van der Waals surface area (Å²) in [7, 11) is 0. The third-order valence-electron chi connectivity index (χ3n) is 3.39. The standard InChI is InChI=1S/C13H18N4O/c14-8-10-7-11(15)9-16-13(10)17(5-6-18)12-3-1-2-4-12/h7,9,12,18H,1-6,15H2. The number of aromatic nitrogens is 1. The average molecular weight is 246 g/mol. The van der Waals surface area contributed by atoms with Crippen LogP contribution in [-0.4, -0.2) is 29.3 Å². The Morgan fingerprint density at radius 1 is 1.50 bits per heavy atom. The number of pyridine rings is 1. The number of hydrogen-bond donors (Lipinski definition) is 2. The minimum Gasteiger partial charge on any atom is -0.397 e. The van der Waals surface area contributed by atoms with E-state index in [0.717, 1.165) is 12.8 Å². The van der Waals surface area contributed by atoms with Gasteiger partial charge in [-0.2, -0.15) is 5.26 Å². The first kappa shape index (κ1) is 12.7. The summed E-state index contributed by atoms with van der Waals surface area (Å²) in [5.74, 6) is 0.646. The highest BCUT2D eigenvalue weighted by Gasteiger charge is 2.25. The number of rotatable bonds is 4. The molecule has 1 aliphatic rings. The van der Waals surface area contributed by atoms with Crippen molar-refractivity contribution in [3.8, 4) is 6.07 Å². The second kappa shape index (κ2) is 5.69. The number of nitrogens with two attached hydrogens (primary N) is 1. The highest BCUT2D eigenvalue weighted by Crippen LogP contribution is 2.29. The molecule has 0 atom stereocenters. The number of nitrogens with zero attached hydrogens (tertiary/aromatic N) is 3. The van der Waals surface area contributed by atoms with Crippen molar-refractivity contribution in [3.63, 3.8) is 0 Å². The van der Waals surface area contributed by atoms with Gasteiger partial charge in [0.2, 0.25) is 0 Å². The van der Waals surface area contributed by atoms with Crippen LogP contribution in [0.5, 0.6) is 0 Å². The van der Waals surface area contributed by atoms with Gasteiger partial charge in [-0.25, -0.2) is 4.98 Å². The Bertz CT molecular complexity index is 449. The maximum atomic E-state index is 9.20. The normalized spacial score (nSPS) is 15.6. The number of aliphatic hydroxyl groups excluding tert-OH is 1. The van der Waals surface area contributed by atoms with Gasteiger partial charge in [-0.1, -0.05) is 12.8 Å². The minimum atomic E-state index is 0.0629. The molecule has 1 aliphatic carbocycles. The SMILES string of the molecule is N#Cc1cc(N)cnc1N(CCO)C1CCCC1. The number of anilines is 2. The lowest BCUT2D eigenvalue weighted by atomic mass is 10.1.